The highest BCUT2D eigenvalue weighted by atomic mass is 16.2. The molecule has 0 radical (unpaired) electrons. The predicted octanol–water partition coefficient (Wildman–Crippen LogP) is 3.46. The van der Waals surface area contributed by atoms with Crippen molar-refractivity contribution in [3.8, 4) is 16.9 Å². The summed E-state index contributed by atoms with van der Waals surface area (Å²) in [5.41, 5.74) is 3.76. The second-order valence-electron chi connectivity index (χ2n) is 8.21. The lowest BCUT2D eigenvalue weighted by atomic mass is 10.1. The van der Waals surface area contributed by atoms with E-state index in [1.807, 2.05) is 88.7 Å². The van der Waals surface area contributed by atoms with Gasteiger partial charge in [-0.3, -0.25) is 14.6 Å². The number of para-hydroxylation sites is 1. The number of carbonyl (C=O) groups excluding carboxylic acids is 2. The van der Waals surface area contributed by atoms with Crippen molar-refractivity contribution in [3.63, 3.8) is 0 Å². The van der Waals surface area contributed by atoms with Gasteiger partial charge in [-0.05, 0) is 24.3 Å². The van der Waals surface area contributed by atoms with Crippen LogP contribution in [-0.2, 0) is 11.2 Å². The summed E-state index contributed by atoms with van der Waals surface area (Å²) in [5.74, 6) is -0.0365. The van der Waals surface area contributed by atoms with Gasteiger partial charge in [0.2, 0.25) is 5.91 Å². The molecule has 0 bridgehead atoms. The van der Waals surface area contributed by atoms with Gasteiger partial charge in [0.15, 0.2) is 0 Å². The van der Waals surface area contributed by atoms with E-state index in [-0.39, 0.29) is 18.2 Å². The number of aromatic nitrogens is 3. The van der Waals surface area contributed by atoms with Crippen molar-refractivity contribution >= 4 is 11.8 Å². The Morgan fingerprint density at radius 3 is 2.09 bits per heavy atom. The standard InChI is InChI=1S/C27H25N5O2/c33-25(19-22-11-7-8-14-28-22)30-15-17-31(18-16-30)27(34)24-20-32(23-12-5-2-6-13-23)29-26(24)21-9-3-1-4-10-21/h1-14,20H,15-19H2. The molecule has 1 saturated heterocycles. The molecule has 2 amide bonds. The summed E-state index contributed by atoms with van der Waals surface area (Å²) in [7, 11) is 0. The summed E-state index contributed by atoms with van der Waals surface area (Å²) in [6, 6.07) is 25.1. The van der Waals surface area contributed by atoms with Crippen LogP contribution in [0.2, 0.25) is 0 Å². The molecule has 3 heterocycles. The number of nitrogens with zero attached hydrogens (tertiary/aromatic N) is 5. The van der Waals surface area contributed by atoms with Crippen LogP contribution in [0.1, 0.15) is 16.1 Å². The highest BCUT2D eigenvalue weighted by Gasteiger charge is 2.28. The Kier molecular flexibility index (Phi) is 6.16. The van der Waals surface area contributed by atoms with E-state index in [0.29, 0.717) is 37.4 Å². The molecule has 34 heavy (non-hydrogen) atoms. The highest BCUT2D eigenvalue weighted by Crippen LogP contribution is 2.25. The van der Waals surface area contributed by atoms with Crippen LogP contribution in [0, 0.1) is 0 Å². The van der Waals surface area contributed by atoms with Crippen molar-refractivity contribution in [3.05, 3.63) is 103 Å². The zero-order valence-electron chi connectivity index (χ0n) is 18.7. The molecule has 0 unspecified atom stereocenters. The van der Waals surface area contributed by atoms with E-state index in [4.69, 9.17) is 5.10 Å². The lowest BCUT2D eigenvalue weighted by Crippen LogP contribution is -2.51. The molecule has 0 N–H and O–H groups in total. The molecule has 2 aromatic carbocycles. The first-order valence-electron chi connectivity index (χ1n) is 11.4. The molecular weight excluding hydrogens is 426 g/mol. The van der Waals surface area contributed by atoms with Crippen LogP contribution >= 0.6 is 0 Å². The second-order valence-corrected chi connectivity index (χ2v) is 8.21. The van der Waals surface area contributed by atoms with Crippen LogP contribution < -0.4 is 0 Å². The van der Waals surface area contributed by atoms with E-state index in [1.54, 1.807) is 17.1 Å². The lowest BCUT2D eigenvalue weighted by Gasteiger charge is -2.34. The molecule has 1 fully saturated rings. The topological polar surface area (TPSA) is 71.3 Å². The fourth-order valence-electron chi connectivity index (χ4n) is 4.15. The van der Waals surface area contributed by atoms with E-state index < -0.39 is 0 Å². The maximum Gasteiger partial charge on any atom is 0.257 e. The molecule has 1 aliphatic heterocycles. The van der Waals surface area contributed by atoms with Gasteiger partial charge in [0, 0.05) is 49.8 Å². The number of carbonyl (C=O) groups is 2. The Bertz CT molecular complexity index is 1260. The molecule has 170 valence electrons. The number of pyridine rings is 1. The summed E-state index contributed by atoms with van der Waals surface area (Å²) < 4.78 is 1.75. The van der Waals surface area contributed by atoms with Crippen LogP contribution in [0.25, 0.3) is 16.9 Å². The third-order valence-electron chi connectivity index (χ3n) is 5.99. The van der Waals surface area contributed by atoms with Gasteiger partial charge in [-0.25, -0.2) is 4.68 Å². The zero-order valence-corrected chi connectivity index (χ0v) is 18.7. The van der Waals surface area contributed by atoms with Crippen molar-refractivity contribution in [1.82, 2.24) is 24.6 Å². The molecule has 2 aromatic heterocycles. The highest BCUT2D eigenvalue weighted by molar-refractivity contribution is 6.00. The smallest absolute Gasteiger partial charge is 0.257 e. The van der Waals surface area contributed by atoms with Gasteiger partial charge in [-0.15, -0.1) is 0 Å². The molecule has 0 aliphatic carbocycles. The molecule has 4 aromatic rings. The number of rotatable bonds is 5. The molecule has 7 heteroatoms. The summed E-state index contributed by atoms with van der Waals surface area (Å²) >= 11 is 0. The molecular formula is C27H25N5O2. The van der Waals surface area contributed by atoms with Crippen molar-refractivity contribution in [2.45, 2.75) is 6.42 Å². The predicted molar refractivity (Wildman–Crippen MR) is 129 cm³/mol. The maximum absolute atomic E-state index is 13.6. The van der Waals surface area contributed by atoms with Gasteiger partial charge in [-0.1, -0.05) is 54.6 Å². The van der Waals surface area contributed by atoms with Crippen LogP contribution in [0.15, 0.2) is 91.3 Å². The number of benzene rings is 2. The van der Waals surface area contributed by atoms with Gasteiger partial charge in [0.25, 0.3) is 5.91 Å². The maximum atomic E-state index is 13.6. The first-order valence-corrected chi connectivity index (χ1v) is 11.4. The SMILES string of the molecule is O=C(Cc1ccccn1)N1CCN(C(=O)c2cn(-c3ccccc3)nc2-c2ccccc2)CC1. The van der Waals surface area contributed by atoms with E-state index in [1.165, 1.54) is 0 Å². The fourth-order valence-corrected chi connectivity index (χ4v) is 4.15. The van der Waals surface area contributed by atoms with Gasteiger partial charge in [-0.2, -0.15) is 5.10 Å². The molecule has 0 atom stereocenters. The van der Waals surface area contributed by atoms with Gasteiger partial charge >= 0.3 is 0 Å². The number of hydrogen-bond acceptors (Lipinski definition) is 4. The largest absolute Gasteiger partial charge is 0.339 e. The third-order valence-corrected chi connectivity index (χ3v) is 5.99. The average Bonchev–Trinajstić information content (AvgIpc) is 3.36. The average molecular weight is 452 g/mol. The van der Waals surface area contributed by atoms with Crippen LogP contribution in [0.5, 0.6) is 0 Å². The van der Waals surface area contributed by atoms with Crippen molar-refractivity contribution in [1.29, 1.82) is 0 Å². The van der Waals surface area contributed by atoms with Crippen LogP contribution in [-0.4, -0.2) is 62.6 Å². The van der Waals surface area contributed by atoms with Gasteiger partial charge in [0.05, 0.1) is 17.7 Å². The Morgan fingerprint density at radius 1 is 0.765 bits per heavy atom. The number of amides is 2. The van der Waals surface area contributed by atoms with Crippen LogP contribution in [0.3, 0.4) is 0 Å². The van der Waals surface area contributed by atoms with E-state index in [2.05, 4.69) is 4.98 Å². The Balaban J connectivity index is 1.33. The van der Waals surface area contributed by atoms with Gasteiger partial charge < -0.3 is 9.80 Å². The third kappa shape index (κ3) is 4.59. The minimum Gasteiger partial charge on any atom is -0.339 e. The summed E-state index contributed by atoms with van der Waals surface area (Å²) in [6.45, 7) is 1.98. The second kappa shape index (κ2) is 9.70. The van der Waals surface area contributed by atoms with Crippen LogP contribution in [0.4, 0.5) is 0 Å². The minimum atomic E-state index is -0.0714. The van der Waals surface area contributed by atoms with Gasteiger partial charge in [0.1, 0.15) is 5.69 Å². The zero-order chi connectivity index (χ0) is 23.3. The number of piperazine rings is 1. The monoisotopic (exact) mass is 451 g/mol. The normalized spacial score (nSPS) is 13.6. The number of hydrogen-bond donors (Lipinski definition) is 0. The summed E-state index contributed by atoms with van der Waals surface area (Å²) in [6.07, 6.45) is 3.77. The molecule has 5 rings (SSSR count). The summed E-state index contributed by atoms with van der Waals surface area (Å²) in [5, 5.41) is 4.75. The first-order chi connectivity index (χ1) is 16.7. The lowest BCUT2D eigenvalue weighted by molar-refractivity contribution is -0.132. The van der Waals surface area contributed by atoms with E-state index in [0.717, 1.165) is 16.9 Å². The Hall–Kier alpha value is -4.26. The molecule has 1 aliphatic rings. The van der Waals surface area contributed by atoms with Crippen molar-refractivity contribution < 1.29 is 9.59 Å². The quantitative estimate of drug-likeness (QED) is 0.466. The Labute approximate surface area is 198 Å². The first kappa shape index (κ1) is 21.6. The Morgan fingerprint density at radius 2 is 1.41 bits per heavy atom. The van der Waals surface area contributed by atoms with Crippen molar-refractivity contribution in [2.75, 3.05) is 26.2 Å². The summed E-state index contributed by atoms with van der Waals surface area (Å²) in [4.78, 5) is 34.1. The fraction of sp³-hybridized carbons (Fsp3) is 0.185. The molecule has 0 saturated carbocycles. The minimum absolute atomic E-state index is 0.0349. The molecule has 0 spiro atoms. The van der Waals surface area contributed by atoms with E-state index >= 15 is 0 Å². The molecule has 7 nitrogen and oxygen atoms in total. The van der Waals surface area contributed by atoms with Crippen molar-refractivity contribution in [2.24, 2.45) is 0 Å². The van der Waals surface area contributed by atoms with E-state index in [9.17, 15) is 9.59 Å².